The molecule has 0 spiro atoms. The summed E-state index contributed by atoms with van der Waals surface area (Å²) in [6.07, 6.45) is 1.90. The fourth-order valence-corrected chi connectivity index (χ4v) is 4.42. The maximum Gasteiger partial charge on any atom is 0.240 e. The maximum atomic E-state index is 12.3. The number of ether oxygens (including phenoxy) is 1. The summed E-state index contributed by atoms with van der Waals surface area (Å²) in [4.78, 5) is 5.65. The van der Waals surface area contributed by atoms with Crippen LogP contribution in [0.15, 0.2) is 65.7 Å². The van der Waals surface area contributed by atoms with Crippen LogP contribution in [-0.4, -0.2) is 50.6 Å². The molecule has 1 aliphatic heterocycles. The first-order chi connectivity index (χ1) is 12.6. The van der Waals surface area contributed by atoms with Gasteiger partial charge in [-0.25, -0.2) is 13.1 Å². The van der Waals surface area contributed by atoms with Crippen LogP contribution in [0.5, 0.6) is 5.75 Å². The molecule has 0 unspecified atom stereocenters. The van der Waals surface area contributed by atoms with Gasteiger partial charge in [0.2, 0.25) is 10.0 Å². The number of aromatic nitrogens is 1. The third-order valence-corrected chi connectivity index (χ3v) is 6.09. The molecule has 2 N–H and O–H groups in total. The highest BCUT2D eigenvalue weighted by Crippen LogP contribution is 2.24. The topological polar surface area (TPSA) is 74.4 Å². The number of nitrogens with one attached hydrogen (secondary N) is 2. The van der Waals surface area contributed by atoms with Crippen LogP contribution in [0.1, 0.15) is 0 Å². The highest BCUT2D eigenvalue weighted by molar-refractivity contribution is 7.89. The van der Waals surface area contributed by atoms with E-state index in [1.165, 1.54) is 0 Å². The van der Waals surface area contributed by atoms with Gasteiger partial charge in [-0.15, -0.1) is 0 Å². The van der Waals surface area contributed by atoms with E-state index in [9.17, 15) is 8.42 Å². The van der Waals surface area contributed by atoms with Crippen LogP contribution in [-0.2, 0) is 10.0 Å². The molecule has 1 aliphatic rings. The van der Waals surface area contributed by atoms with E-state index in [-0.39, 0.29) is 6.04 Å². The molecule has 4 rings (SSSR count). The van der Waals surface area contributed by atoms with Gasteiger partial charge in [-0.2, -0.15) is 0 Å². The molecular formula is C19H21N3O3S. The van der Waals surface area contributed by atoms with E-state index < -0.39 is 10.0 Å². The first-order valence-electron chi connectivity index (χ1n) is 8.60. The summed E-state index contributed by atoms with van der Waals surface area (Å²) >= 11 is 0. The number of hydrogen-bond acceptors (Lipinski definition) is 4. The second-order valence-electron chi connectivity index (χ2n) is 6.43. The number of fused-ring (bicyclic) bond motifs is 1. The van der Waals surface area contributed by atoms with Crippen molar-refractivity contribution in [3.63, 3.8) is 0 Å². The van der Waals surface area contributed by atoms with Gasteiger partial charge in [0, 0.05) is 42.8 Å². The Morgan fingerprint density at radius 3 is 2.69 bits per heavy atom. The van der Waals surface area contributed by atoms with Crippen LogP contribution < -0.4 is 9.46 Å². The largest absolute Gasteiger partial charge is 0.492 e. The zero-order valence-corrected chi connectivity index (χ0v) is 15.1. The van der Waals surface area contributed by atoms with Gasteiger partial charge in [0.05, 0.1) is 4.90 Å². The summed E-state index contributed by atoms with van der Waals surface area (Å²) in [5, 5.41) is 1.07. The highest BCUT2D eigenvalue weighted by Gasteiger charge is 2.30. The summed E-state index contributed by atoms with van der Waals surface area (Å²) in [5.74, 6) is 0.866. The van der Waals surface area contributed by atoms with Crippen molar-refractivity contribution in [1.29, 1.82) is 0 Å². The molecule has 2 aromatic carbocycles. The monoisotopic (exact) mass is 371 g/mol. The van der Waals surface area contributed by atoms with Crippen LogP contribution in [0.4, 0.5) is 0 Å². The molecule has 1 saturated heterocycles. The van der Waals surface area contributed by atoms with Gasteiger partial charge in [0.15, 0.2) is 0 Å². The molecule has 0 amide bonds. The zero-order valence-electron chi connectivity index (χ0n) is 14.3. The Hall–Kier alpha value is -2.35. The van der Waals surface area contributed by atoms with Crippen molar-refractivity contribution < 1.29 is 13.2 Å². The predicted molar refractivity (Wildman–Crippen MR) is 101 cm³/mol. The normalized spacial score (nSPS) is 15.8. The Labute approximate surface area is 152 Å². The number of H-pyrrole nitrogens is 1. The van der Waals surface area contributed by atoms with Gasteiger partial charge >= 0.3 is 0 Å². The van der Waals surface area contributed by atoms with Crippen LogP contribution in [0.25, 0.3) is 10.9 Å². The molecule has 2 heterocycles. The van der Waals surface area contributed by atoms with Gasteiger partial charge in [-0.05, 0) is 30.3 Å². The molecule has 136 valence electrons. The molecule has 0 aliphatic carbocycles. The van der Waals surface area contributed by atoms with Gasteiger partial charge in [0.25, 0.3) is 0 Å². The Morgan fingerprint density at radius 2 is 1.88 bits per heavy atom. The van der Waals surface area contributed by atoms with E-state index in [0.29, 0.717) is 24.6 Å². The fourth-order valence-electron chi connectivity index (χ4n) is 3.18. The number of hydrogen-bond donors (Lipinski definition) is 2. The molecule has 3 aromatic rings. The number of likely N-dealkylation sites (tertiary alicyclic amines) is 1. The van der Waals surface area contributed by atoms with Gasteiger partial charge in [-0.3, -0.25) is 4.90 Å². The maximum absolute atomic E-state index is 12.3. The summed E-state index contributed by atoms with van der Waals surface area (Å²) in [6, 6.07) is 16.4. The SMILES string of the molecule is O=S(=O)(NC1CN(CCOc2cccc3[nH]ccc23)C1)c1ccccc1. The third kappa shape index (κ3) is 3.60. The highest BCUT2D eigenvalue weighted by atomic mass is 32.2. The minimum Gasteiger partial charge on any atom is -0.492 e. The van der Waals surface area contributed by atoms with E-state index in [0.717, 1.165) is 23.2 Å². The van der Waals surface area contributed by atoms with E-state index in [1.54, 1.807) is 30.3 Å². The summed E-state index contributed by atoms with van der Waals surface area (Å²) in [7, 11) is -3.44. The van der Waals surface area contributed by atoms with Gasteiger partial charge in [-0.1, -0.05) is 24.3 Å². The molecular weight excluding hydrogens is 350 g/mol. The Kier molecular flexibility index (Phi) is 4.67. The second kappa shape index (κ2) is 7.11. The minimum absolute atomic E-state index is 0.0479. The van der Waals surface area contributed by atoms with Crippen molar-refractivity contribution in [3.8, 4) is 5.75 Å². The van der Waals surface area contributed by atoms with E-state index >= 15 is 0 Å². The first-order valence-corrected chi connectivity index (χ1v) is 10.1. The third-order valence-electron chi connectivity index (χ3n) is 4.55. The first kappa shape index (κ1) is 17.1. The smallest absolute Gasteiger partial charge is 0.240 e. The molecule has 0 bridgehead atoms. The van der Waals surface area contributed by atoms with Crippen molar-refractivity contribution in [2.45, 2.75) is 10.9 Å². The molecule has 0 radical (unpaired) electrons. The number of nitrogens with zero attached hydrogens (tertiary/aromatic N) is 1. The van der Waals surface area contributed by atoms with E-state index in [2.05, 4.69) is 14.6 Å². The lowest BCUT2D eigenvalue weighted by molar-refractivity contribution is 0.117. The quantitative estimate of drug-likeness (QED) is 0.668. The Balaban J connectivity index is 1.24. The van der Waals surface area contributed by atoms with Crippen LogP contribution in [0.2, 0.25) is 0 Å². The Bertz CT molecular complexity index is 979. The molecule has 26 heavy (non-hydrogen) atoms. The fraction of sp³-hybridized carbons (Fsp3) is 0.263. The molecule has 0 atom stereocenters. The molecule has 1 aromatic heterocycles. The van der Waals surface area contributed by atoms with Crippen LogP contribution in [0.3, 0.4) is 0 Å². The van der Waals surface area contributed by atoms with Crippen molar-refractivity contribution >= 4 is 20.9 Å². The van der Waals surface area contributed by atoms with E-state index in [4.69, 9.17) is 4.74 Å². The summed E-state index contributed by atoms with van der Waals surface area (Å²) in [5.41, 5.74) is 1.06. The number of benzene rings is 2. The lowest BCUT2D eigenvalue weighted by Crippen LogP contribution is -2.59. The van der Waals surface area contributed by atoms with Crippen LogP contribution in [0, 0.1) is 0 Å². The minimum atomic E-state index is -3.44. The molecule has 6 nitrogen and oxygen atoms in total. The number of sulfonamides is 1. The molecule has 0 saturated carbocycles. The summed E-state index contributed by atoms with van der Waals surface area (Å²) < 4.78 is 33.2. The van der Waals surface area contributed by atoms with Crippen molar-refractivity contribution in [2.24, 2.45) is 0 Å². The van der Waals surface area contributed by atoms with E-state index in [1.807, 2.05) is 30.5 Å². The van der Waals surface area contributed by atoms with Crippen molar-refractivity contribution in [3.05, 3.63) is 60.8 Å². The predicted octanol–water partition coefficient (Wildman–Crippen LogP) is 2.21. The Morgan fingerprint density at radius 1 is 1.08 bits per heavy atom. The average molecular weight is 371 g/mol. The average Bonchev–Trinajstić information content (AvgIpc) is 3.09. The summed E-state index contributed by atoms with van der Waals surface area (Å²) in [6.45, 7) is 2.74. The second-order valence-corrected chi connectivity index (χ2v) is 8.15. The molecule has 7 heteroatoms. The van der Waals surface area contributed by atoms with Crippen molar-refractivity contribution in [2.75, 3.05) is 26.2 Å². The number of rotatable bonds is 7. The standard InChI is InChI=1S/C19H21N3O3S/c23-26(24,16-5-2-1-3-6-16)21-15-13-22(14-15)11-12-25-19-8-4-7-18-17(19)9-10-20-18/h1-10,15,20-21H,11-14H2. The van der Waals surface area contributed by atoms with Crippen LogP contribution >= 0.6 is 0 Å². The lowest BCUT2D eigenvalue weighted by atomic mass is 10.1. The molecule has 1 fully saturated rings. The van der Waals surface area contributed by atoms with Gasteiger partial charge < -0.3 is 9.72 Å². The van der Waals surface area contributed by atoms with Crippen molar-refractivity contribution in [1.82, 2.24) is 14.6 Å². The zero-order chi connectivity index (χ0) is 18.0. The lowest BCUT2D eigenvalue weighted by Gasteiger charge is -2.39. The number of aromatic amines is 1. The van der Waals surface area contributed by atoms with Gasteiger partial charge in [0.1, 0.15) is 12.4 Å².